The molecule has 24 heavy (non-hydrogen) atoms. The number of fused-ring (bicyclic) bond motifs is 1. The van der Waals surface area contributed by atoms with Crippen LogP contribution in [-0.2, 0) is 10.0 Å². The molecule has 10 heteroatoms. The van der Waals surface area contributed by atoms with Crippen molar-refractivity contribution in [3.63, 3.8) is 0 Å². The Hall–Kier alpha value is -2.70. The molecule has 0 saturated carbocycles. The summed E-state index contributed by atoms with van der Waals surface area (Å²) in [6.45, 7) is 1.65. The van der Waals surface area contributed by atoms with Crippen LogP contribution in [0.5, 0.6) is 0 Å². The van der Waals surface area contributed by atoms with Crippen LogP contribution in [0.3, 0.4) is 0 Å². The highest BCUT2D eigenvalue weighted by atomic mass is 35.5. The first-order valence-electron chi connectivity index (χ1n) is 6.55. The number of nitriles is 1. The van der Waals surface area contributed by atoms with E-state index in [1.54, 1.807) is 6.92 Å². The van der Waals surface area contributed by atoms with Crippen LogP contribution in [0.4, 0.5) is 10.2 Å². The maximum atomic E-state index is 13.2. The van der Waals surface area contributed by atoms with Crippen LogP contribution in [-0.4, -0.2) is 23.0 Å². The predicted octanol–water partition coefficient (Wildman–Crippen LogP) is 2.50. The normalized spacial score (nSPS) is 11.4. The third kappa shape index (κ3) is 2.77. The third-order valence-corrected chi connectivity index (χ3v) is 4.80. The van der Waals surface area contributed by atoms with Crippen molar-refractivity contribution in [1.82, 2.24) is 14.6 Å². The van der Waals surface area contributed by atoms with Crippen LogP contribution >= 0.6 is 11.6 Å². The van der Waals surface area contributed by atoms with Gasteiger partial charge in [0.25, 0.3) is 10.0 Å². The lowest BCUT2D eigenvalue weighted by atomic mass is 10.3. The van der Waals surface area contributed by atoms with E-state index in [2.05, 4.69) is 14.8 Å². The number of sulfonamides is 1. The van der Waals surface area contributed by atoms with Gasteiger partial charge in [0.15, 0.2) is 5.65 Å². The molecule has 0 amide bonds. The number of aromatic nitrogens is 3. The Labute approximate surface area is 141 Å². The first-order valence-corrected chi connectivity index (χ1v) is 8.41. The van der Waals surface area contributed by atoms with Gasteiger partial charge in [-0.25, -0.2) is 17.8 Å². The molecule has 0 fully saturated rings. The number of halogens is 2. The van der Waals surface area contributed by atoms with Crippen molar-refractivity contribution in [3.8, 4) is 6.07 Å². The minimum Gasteiger partial charge on any atom is -0.263 e. The topological polar surface area (TPSA) is 100 Å². The molecule has 0 spiro atoms. The zero-order valence-corrected chi connectivity index (χ0v) is 13.7. The maximum Gasteiger partial charge on any atom is 0.263 e. The number of hydrogen-bond acceptors (Lipinski definition) is 5. The highest BCUT2D eigenvalue weighted by Crippen LogP contribution is 2.23. The van der Waals surface area contributed by atoms with Crippen molar-refractivity contribution in [1.29, 1.82) is 5.26 Å². The molecule has 0 atom stereocenters. The second kappa shape index (κ2) is 5.74. The van der Waals surface area contributed by atoms with Crippen molar-refractivity contribution < 1.29 is 12.8 Å². The summed E-state index contributed by atoms with van der Waals surface area (Å²) in [7, 11) is -4.03. The van der Waals surface area contributed by atoms with Crippen LogP contribution in [0.1, 0.15) is 11.3 Å². The van der Waals surface area contributed by atoms with Crippen LogP contribution in [0, 0.1) is 24.1 Å². The van der Waals surface area contributed by atoms with Gasteiger partial charge in [0.05, 0.1) is 16.1 Å². The molecule has 3 rings (SSSR count). The fourth-order valence-corrected chi connectivity index (χ4v) is 3.38. The lowest BCUT2D eigenvalue weighted by Crippen LogP contribution is -2.16. The van der Waals surface area contributed by atoms with Gasteiger partial charge in [-0.3, -0.25) is 4.72 Å². The summed E-state index contributed by atoms with van der Waals surface area (Å²) in [5, 5.41) is 12.7. The van der Waals surface area contributed by atoms with Crippen molar-refractivity contribution in [3.05, 3.63) is 52.6 Å². The van der Waals surface area contributed by atoms with E-state index in [0.29, 0.717) is 5.69 Å². The molecule has 0 bridgehead atoms. The highest BCUT2D eigenvalue weighted by molar-refractivity contribution is 7.92. The molecule has 2 aromatic heterocycles. The molecule has 122 valence electrons. The van der Waals surface area contributed by atoms with E-state index in [4.69, 9.17) is 16.9 Å². The maximum absolute atomic E-state index is 13.2. The smallest absolute Gasteiger partial charge is 0.263 e. The van der Waals surface area contributed by atoms with Gasteiger partial charge in [-0.1, -0.05) is 11.6 Å². The Morgan fingerprint density at radius 1 is 1.38 bits per heavy atom. The number of benzene rings is 1. The van der Waals surface area contributed by atoms with Crippen molar-refractivity contribution in [2.75, 3.05) is 4.72 Å². The van der Waals surface area contributed by atoms with Gasteiger partial charge < -0.3 is 0 Å². The molecule has 7 nitrogen and oxygen atoms in total. The molecule has 1 aromatic carbocycles. The minimum absolute atomic E-state index is 0.0967. The van der Waals surface area contributed by atoms with Crippen molar-refractivity contribution in [2.45, 2.75) is 11.8 Å². The van der Waals surface area contributed by atoms with Gasteiger partial charge in [0.2, 0.25) is 0 Å². The lowest BCUT2D eigenvalue weighted by molar-refractivity contribution is 0.599. The van der Waals surface area contributed by atoms with Gasteiger partial charge in [0, 0.05) is 11.8 Å². The van der Waals surface area contributed by atoms with Gasteiger partial charge in [-0.2, -0.15) is 14.9 Å². The second-order valence-electron chi connectivity index (χ2n) is 4.87. The van der Waals surface area contributed by atoms with Crippen LogP contribution in [0.15, 0.2) is 35.4 Å². The van der Waals surface area contributed by atoms with Crippen molar-refractivity contribution >= 4 is 33.1 Å². The average Bonchev–Trinajstić information content (AvgIpc) is 2.92. The quantitative estimate of drug-likeness (QED) is 0.768. The summed E-state index contributed by atoms with van der Waals surface area (Å²) in [6.07, 6.45) is 1.29. The summed E-state index contributed by atoms with van der Waals surface area (Å²) in [4.78, 5) is 3.96. The number of hydrogen-bond donors (Lipinski definition) is 1. The van der Waals surface area contributed by atoms with Crippen molar-refractivity contribution in [2.24, 2.45) is 0 Å². The number of rotatable bonds is 3. The lowest BCUT2D eigenvalue weighted by Gasteiger charge is -2.10. The first-order chi connectivity index (χ1) is 11.3. The zero-order valence-electron chi connectivity index (χ0n) is 12.2. The predicted molar refractivity (Wildman–Crippen MR) is 84.7 cm³/mol. The Balaban J connectivity index is 2.10. The summed E-state index contributed by atoms with van der Waals surface area (Å²) >= 11 is 5.63. The van der Waals surface area contributed by atoms with E-state index in [0.717, 1.165) is 18.2 Å². The molecule has 0 aliphatic carbocycles. The number of nitrogens with one attached hydrogen (secondary N) is 1. The fourth-order valence-electron chi connectivity index (χ4n) is 2.08. The fraction of sp³-hybridized carbons (Fsp3) is 0.0714. The van der Waals surface area contributed by atoms with E-state index in [9.17, 15) is 12.8 Å². The molecule has 2 heterocycles. The molecular formula is C14H9ClFN5O2S. The molecule has 0 aliphatic heterocycles. The third-order valence-electron chi connectivity index (χ3n) is 3.16. The summed E-state index contributed by atoms with van der Waals surface area (Å²) < 4.78 is 41.7. The standard InChI is InChI=1S/C14H9ClFN5O2S/c1-8-4-13(21-14(19-8)9(6-17)7-18-21)20-24(22,23)10-2-3-12(16)11(15)5-10/h2-5,7,20H,1H3. The van der Waals surface area contributed by atoms with Gasteiger partial charge in [0.1, 0.15) is 23.3 Å². The molecule has 0 radical (unpaired) electrons. The summed E-state index contributed by atoms with van der Waals surface area (Å²) in [6, 6.07) is 6.46. The average molecular weight is 366 g/mol. The molecule has 0 unspecified atom stereocenters. The Bertz CT molecular complexity index is 1100. The van der Waals surface area contributed by atoms with Crippen LogP contribution < -0.4 is 4.72 Å². The monoisotopic (exact) mass is 365 g/mol. The Morgan fingerprint density at radius 2 is 2.12 bits per heavy atom. The van der Waals surface area contributed by atoms with E-state index in [1.165, 1.54) is 16.8 Å². The highest BCUT2D eigenvalue weighted by Gasteiger charge is 2.19. The SMILES string of the molecule is Cc1cc(NS(=O)(=O)c2ccc(F)c(Cl)c2)n2ncc(C#N)c2n1. The van der Waals surface area contributed by atoms with Gasteiger partial charge in [-0.05, 0) is 25.1 Å². The van der Waals surface area contributed by atoms with E-state index >= 15 is 0 Å². The Kier molecular flexibility index (Phi) is 3.87. The van der Waals surface area contributed by atoms with E-state index in [-0.39, 0.29) is 26.9 Å². The number of anilines is 1. The molecular weight excluding hydrogens is 357 g/mol. The van der Waals surface area contributed by atoms with Gasteiger partial charge in [-0.15, -0.1) is 0 Å². The van der Waals surface area contributed by atoms with Crippen LogP contribution in [0.2, 0.25) is 5.02 Å². The second-order valence-corrected chi connectivity index (χ2v) is 6.96. The molecule has 3 aromatic rings. The van der Waals surface area contributed by atoms with E-state index in [1.807, 2.05) is 6.07 Å². The largest absolute Gasteiger partial charge is 0.263 e. The zero-order chi connectivity index (χ0) is 17.5. The van der Waals surface area contributed by atoms with Gasteiger partial charge >= 0.3 is 0 Å². The van der Waals surface area contributed by atoms with Crippen LogP contribution in [0.25, 0.3) is 5.65 Å². The minimum atomic E-state index is -4.03. The number of aryl methyl sites for hydroxylation is 1. The molecule has 0 saturated heterocycles. The number of nitrogens with zero attached hydrogens (tertiary/aromatic N) is 4. The summed E-state index contributed by atoms with van der Waals surface area (Å²) in [5.41, 5.74) is 0.936. The molecule has 1 N–H and O–H groups in total. The molecule has 0 aliphatic rings. The van der Waals surface area contributed by atoms with E-state index < -0.39 is 15.8 Å². The first kappa shape index (κ1) is 16.2. The summed E-state index contributed by atoms with van der Waals surface area (Å²) in [5.74, 6) is -0.622. The Morgan fingerprint density at radius 3 is 2.79 bits per heavy atom.